The number of aromatic hydroxyl groups is 1. The monoisotopic (exact) mass is 767 g/mol. The van der Waals surface area contributed by atoms with E-state index in [-0.39, 0.29) is 26.8 Å². The number of pyridine rings is 1. The second kappa shape index (κ2) is 12.5. The Morgan fingerprint density at radius 2 is 1.29 bits per heavy atom. The smallest absolute Gasteiger partial charge is 0.149 e. The van der Waals surface area contributed by atoms with Gasteiger partial charge in [-0.3, -0.25) is 9.55 Å². The van der Waals surface area contributed by atoms with Crippen LogP contribution in [0.1, 0.15) is 50.7 Å². The quantitative estimate of drug-likeness (QED) is 0.172. The molecule has 0 aliphatic carbocycles. The molecule has 0 aliphatic rings. The molecule has 0 bridgehead atoms. The number of hydrogen-bond acceptors (Lipinski definition) is 3. The standard InChI is InChI=1S/C40H34N3O.Pt/c1-25(2)28-16-10-17-29(26(3)4)38(28)43-37-24-8-7-21-36(37)42-40(43)33-20-11-19-32(39(33)44)35-23-12-22-34(41-35)31-18-9-14-27-13-5-6-15-30(27)31;/h5-17,19-26,44H,1-4H3;/q-1;. The number of para-hydroxylation sites is 4. The van der Waals surface area contributed by atoms with Gasteiger partial charge in [-0.2, -0.15) is 0 Å². The minimum atomic E-state index is 0. The third-order valence-corrected chi connectivity index (χ3v) is 8.41. The normalized spacial score (nSPS) is 11.4. The van der Waals surface area contributed by atoms with Crippen molar-refractivity contribution in [1.29, 1.82) is 0 Å². The Kier molecular flexibility index (Phi) is 8.44. The Hall–Kier alpha value is -4.53. The summed E-state index contributed by atoms with van der Waals surface area (Å²) >= 11 is 0. The summed E-state index contributed by atoms with van der Waals surface area (Å²) in [4.78, 5) is 10.2. The predicted molar refractivity (Wildman–Crippen MR) is 181 cm³/mol. The molecule has 4 nitrogen and oxygen atoms in total. The Labute approximate surface area is 278 Å². The number of benzene rings is 5. The van der Waals surface area contributed by atoms with E-state index in [1.807, 2.05) is 72.8 Å². The summed E-state index contributed by atoms with van der Waals surface area (Å²) in [6, 6.07) is 42.2. The second-order valence-electron chi connectivity index (χ2n) is 11.9. The fourth-order valence-corrected chi connectivity index (χ4v) is 6.23. The summed E-state index contributed by atoms with van der Waals surface area (Å²) in [5.41, 5.74) is 9.28. The number of phenolic OH excluding ortho intramolecular Hbond substituents is 1. The molecule has 0 unspecified atom stereocenters. The molecule has 5 heteroatoms. The molecule has 0 atom stereocenters. The number of fused-ring (bicyclic) bond motifs is 2. The van der Waals surface area contributed by atoms with Gasteiger partial charge in [0.05, 0.1) is 28.0 Å². The summed E-state index contributed by atoms with van der Waals surface area (Å²) in [5, 5.41) is 14.2. The molecule has 226 valence electrons. The van der Waals surface area contributed by atoms with E-state index in [0.717, 1.165) is 38.8 Å². The van der Waals surface area contributed by atoms with Crippen LogP contribution in [-0.2, 0) is 21.1 Å². The fourth-order valence-electron chi connectivity index (χ4n) is 6.23. The zero-order valence-corrected chi connectivity index (χ0v) is 28.0. The third kappa shape index (κ3) is 5.38. The SMILES string of the molecule is CC(C)c1cccc(C(C)C)c1-n1c(-c2cccc(-c3cccc(-c4[c-]ccc5ccccc45)n3)c2O)nc2ccccc21.[Pt]. The molecule has 0 aliphatic heterocycles. The minimum Gasteiger partial charge on any atom is -0.506 e. The summed E-state index contributed by atoms with van der Waals surface area (Å²) in [6.07, 6.45) is 0. The Bertz CT molecular complexity index is 2130. The zero-order valence-electron chi connectivity index (χ0n) is 25.7. The molecule has 1 N–H and O–H groups in total. The summed E-state index contributed by atoms with van der Waals surface area (Å²) in [5.74, 6) is 1.47. The fraction of sp³-hybridized carbons (Fsp3) is 0.150. The molecule has 0 saturated heterocycles. The average Bonchev–Trinajstić information content (AvgIpc) is 3.43. The maximum Gasteiger partial charge on any atom is 0.149 e. The van der Waals surface area contributed by atoms with Crippen molar-refractivity contribution in [2.45, 2.75) is 39.5 Å². The van der Waals surface area contributed by atoms with Gasteiger partial charge in [-0.05, 0) is 59.0 Å². The van der Waals surface area contributed by atoms with Crippen LogP contribution in [0.2, 0.25) is 0 Å². The van der Waals surface area contributed by atoms with Crippen molar-refractivity contribution >= 4 is 21.8 Å². The first-order valence-electron chi connectivity index (χ1n) is 15.2. The largest absolute Gasteiger partial charge is 0.506 e. The molecule has 0 saturated carbocycles. The minimum absolute atomic E-state index is 0. The third-order valence-electron chi connectivity index (χ3n) is 8.41. The van der Waals surface area contributed by atoms with E-state index in [2.05, 4.69) is 80.8 Å². The van der Waals surface area contributed by atoms with Gasteiger partial charge in [0, 0.05) is 26.6 Å². The van der Waals surface area contributed by atoms with E-state index < -0.39 is 0 Å². The number of phenols is 1. The number of rotatable bonds is 6. The molecule has 5 aromatic carbocycles. The van der Waals surface area contributed by atoms with Crippen LogP contribution in [0.3, 0.4) is 0 Å². The first-order valence-corrected chi connectivity index (χ1v) is 15.2. The van der Waals surface area contributed by atoms with Gasteiger partial charge in [-0.1, -0.05) is 106 Å². The van der Waals surface area contributed by atoms with Crippen molar-refractivity contribution in [3.63, 3.8) is 0 Å². The zero-order chi connectivity index (χ0) is 30.4. The first-order chi connectivity index (χ1) is 21.4. The van der Waals surface area contributed by atoms with E-state index >= 15 is 0 Å². The van der Waals surface area contributed by atoms with Gasteiger partial charge in [0.25, 0.3) is 0 Å². The van der Waals surface area contributed by atoms with Gasteiger partial charge in [-0.25, -0.2) is 4.98 Å². The van der Waals surface area contributed by atoms with Crippen molar-refractivity contribution < 1.29 is 26.2 Å². The van der Waals surface area contributed by atoms with E-state index in [9.17, 15) is 5.11 Å². The van der Waals surface area contributed by atoms with Gasteiger partial charge < -0.3 is 5.11 Å². The Balaban J connectivity index is 0.00000357. The molecule has 45 heavy (non-hydrogen) atoms. The molecule has 0 amide bonds. The van der Waals surface area contributed by atoms with Crippen LogP contribution in [0.5, 0.6) is 5.75 Å². The van der Waals surface area contributed by atoms with Gasteiger partial charge >= 0.3 is 0 Å². The molecule has 0 fully saturated rings. The Morgan fingerprint density at radius 1 is 0.644 bits per heavy atom. The van der Waals surface area contributed by atoms with Gasteiger partial charge in [-0.15, -0.1) is 29.1 Å². The molecular weight excluding hydrogens is 734 g/mol. The van der Waals surface area contributed by atoms with Crippen LogP contribution in [-0.4, -0.2) is 19.6 Å². The Morgan fingerprint density at radius 3 is 2.07 bits per heavy atom. The molecule has 7 aromatic rings. The summed E-state index contributed by atoms with van der Waals surface area (Å²) in [7, 11) is 0. The maximum atomic E-state index is 12.0. The van der Waals surface area contributed by atoms with Crippen LogP contribution in [0.25, 0.3) is 61.4 Å². The number of nitrogens with zero attached hydrogens (tertiary/aromatic N) is 3. The van der Waals surface area contributed by atoms with E-state index in [4.69, 9.17) is 9.97 Å². The van der Waals surface area contributed by atoms with Gasteiger partial charge in [0.2, 0.25) is 0 Å². The molecule has 0 spiro atoms. The van der Waals surface area contributed by atoms with Crippen LogP contribution in [0, 0.1) is 6.07 Å². The topological polar surface area (TPSA) is 50.9 Å². The molecule has 7 rings (SSSR count). The number of hydrogen-bond donors (Lipinski definition) is 1. The van der Waals surface area contributed by atoms with Crippen LogP contribution in [0.4, 0.5) is 0 Å². The van der Waals surface area contributed by atoms with E-state index in [0.29, 0.717) is 34.5 Å². The van der Waals surface area contributed by atoms with Crippen LogP contribution < -0.4 is 0 Å². The van der Waals surface area contributed by atoms with Crippen molar-refractivity contribution in [1.82, 2.24) is 14.5 Å². The predicted octanol–water partition coefficient (Wildman–Crippen LogP) is 10.3. The molecular formula is C40H34N3OPt-. The second-order valence-corrected chi connectivity index (χ2v) is 11.9. The summed E-state index contributed by atoms with van der Waals surface area (Å²) in [6.45, 7) is 8.91. The first kappa shape index (κ1) is 30.5. The molecule has 2 heterocycles. The number of imidazole rings is 1. The molecule has 2 aromatic heterocycles. The van der Waals surface area contributed by atoms with Crippen LogP contribution >= 0.6 is 0 Å². The van der Waals surface area contributed by atoms with E-state index in [1.54, 1.807) is 0 Å². The van der Waals surface area contributed by atoms with Gasteiger partial charge in [0.1, 0.15) is 11.6 Å². The number of aromatic nitrogens is 3. The van der Waals surface area contributed by atoms with Crippen molar-refractivity contribution in [3.8, 4) is 45.3 Å². The maximum absolute atomic E-state index is 12.0. The summed E-state index contributed by atoms with van der Waals surface area (Å²) < 4.78 is 2.24. The average molecular weight is 768 g/mol. The van der Waals surface area contributed by atoms with E-state index in [1.165, 1.54) is 11.1 Å². The molecule has 0 radical (unpaired) electrons. The van der Waals surface area contributed by atoms with Crippen LogP contribution in [0.15, 0.2) is 115 Å². The van der Waals surface area contributed by atoms with Crippen molar-refractivity contribution in [2.24, 2.45) is 0 Å². The van der Waals surface area contributed by atoms with Crippen molar-refractivity contribution in [2.75, 3.05) is 0 Å². The van der Waals surface area contributed by atoms with Crippen molar-refractivity contribution in [3.05, 3.63) is 132 Å². The van der Waals surface area contributed by atoms with Gasteiger partial charge in [0.15, 0.2) is 0 Å².